The van der Waals surface area contributed by atoms with Crippen LogP contribution in [-0.2, 0) is 7.74 Å². The van der Waals surface area contributed by atoms with Gasteiger partial charge in [-0.25, -0.2) is 0 Å². The Morgan fingerprint density at radius 3 is 2.00 bits per heavy atom. The van der Waals surface area contributed by atoms with Gasteiger partial charge in [0.25, 0.3) is 0 Å². The van der Waals surface area contributed by atoms with E-state index in [1.165, 1.54) is 16.2 Å². The molecule has 0 aromatic rings. The van der Waals surface area contributed by atoms with Crippen LogP contribution in [0.5, 0.6) is 0 Å². The maximum atomic E-state index is 8.17. The van der Waals surface area contributed by atoms with E-state index in [-0.39, 0.29) is 15.6 Å². The zero-order chi connectivity index (χ0) is 5.41. The molecule has 0 aliphatic rings. The van der Waals surface area contributed by atoms with Gasteiger partial charge in [0.1, 0.15) is 0 Å². The van der Waals surface area contributed by atoms with Gasteiger partial charge in [-0.15, -0.1) is 0 Å². The summed E-state index contributed by atoms with van der Waals surface area (Å²) in [7, 11) is 0. The maximum absolute atomic E-state index is 8.17. The molecule has 0 spiro atoms. The summed E-state index contributed by atoms with van der Waals surface area (Å²) in [4.78, 5) is 0. The second-order valence-corrected chi connectivity index (χ2v) is 1.02. The van der Waals surface area contributed by atoms with Gasteiger partial charge >= 0.3 is 35.6 Å². The van der Waals surface area contributed by atoms with Crippen LogP contribution < -0.4 is 0 Å². The molecule has 0 aromatic carbocycles. The first-order valence-corrected chi connectivity index (χ1v) is 3.33. The van der Waals surface area contributed by atoms with E-state index in [0.717, 1.165) is 0 Å². The van der Waals surface area contributed by atoms with Gasteiger partial charge in [-0.1, -0.05) is 5.79 Å². The Balaban J connectivity index is 0. The molecule has 0 aromatic heterocycles. The third kappa shape index (κ3) is 21.5. The molecule has 6 heavy (non-hydrogen) atoms. The van der Waals surface area contributed by atoms with Crippen molar-refractivity contribution < 1.29 is 13.0 Å². The van der Waals surface area contributed by atoms with E-state index in [4.69, 9.17) is 9.06 Å². The van der Waals surface area contributed by atoms with Crippen LogP contribution in [0.25, 0.3) is 0 Å². The zero-order valence-electron chi connectivity index (χ0n) is 3.42. The summed E-state index contributed by atoms with van der Waals surface area (Å²) in [5.74, 6) is 1.79. The van der Waals surface area contributed by atoms with Crippen molar-refractivity contribution in [1.82, 2.24) is 0 Å². The van der Waals surface area contributed by atoms with Crippen molar-refractivity contribution in [2.24, 2.45) is 0 Å². The third-order valence-electron chi connectivity index (χ3n) is 0.105. The summed E-state index contributed by atoms with van der Waals surface area (Å²) in [5.41, 5.74) is 0. The van der Waals surface area contributed by atoms with Gasteiger partial charge in [0.15, 0.2) is 0 Å². The van der Waals surface area contributed by atoms with Gasteiger partial charge in [-0.05, 0) is 0 Å². The molecule has 3 nitrogen and oxygen atoms in total. The Morgan fingerprint density at radius 1 is 1.83 bits per heavy atom. The van der Waals surface area contributed by atoms with Crippen LogP contribution in [0, 0.1) is 0 Å². The SMILES string of the molecule is [CH3][Al][O]O.[O]=[Al]. The van der Waals surface area contributed by atoms with Crippen molar-refractivity contribution in [2.75, 3.05) is 0 Å². The van der Waals surface area contributed by atoms with Gasteiger partial charge in [0, 0.05) is 0 Å². The van der Waals surface area contributed by atoms with Crippen LogP contribution in [0.4, 0.5) is 0 Å². The first-order chi connectivity index (χ1) is 2.91. The van der Waals surface area contributed by atoms with Gasteiger partial charge in [0.05, 0.1) is 0 Å². The molecule has 32 valence electrons. The number of rotatable bonds is 1. The first kappa shape index (κ1) is 9.92. The molecular weight excluding hydrogens is 114 g/mol. The van der Waals surface area contributed by atoms with Crippen LogP contribution >= 0.6 is 0 Å². The van der Waals surface area contributed by atoms with Crippen molar-refractivity contribution in [3.8, 4) is 0 Å². The van der Waals surface area contributed by atoms with Crippen molar-refractivity contribution >= 4 is 31.8 Å². The van der Waals surface area contributed by atoms with Crippen molar-refractivity contribution in [1.29, 1.82) is 0 Å². The monoisotopic (exact) mass is 118 g/mol. The summed E-state index contributed by atoms with van der Waals surface area (Å²) in [6.45, 7) is 0. The molecule has 0 fully saturated rings. The van der Waals surface area contributed by atoms with E-state index in [2.05, 4.69) is 3.94 Å². The summed E-state index contributed by atoms with van der Waals surface area (Å²) in [6, 6.07) is 0. The standard InChI is InChI=1S/CH3.2Al.H2O2.O/c;;;1-2;/h1H3;;;1-2H;/q;;+1;;/p-1. The minimum absolute atomic E-state index is 0.162. The summed E-state index contributed by atoms with van der Waals surface area (Å²) < 4.78 is 11.8. The molecule has 0 saturated heterocycles. The van der Waals surface area contributed by atoms with Crippen LogP contribution in [0.15, 0.2) is 0 Å². The molecule has 0 rings (SSSR count). The van der Waals surface area contributed by atoms with E-state index in [0.29, 0.717) is 0 Å². The predicted octanol–water partition coefficient (Wildman–Crippen LogP) is -0.356. The molecular formula is CH4Al2O3. The molecule has 1 N–H and O–H groups in total. The van der Waals surface area contributed by atoms with Crippen LogP contribution in [0.1, 0.15) is 0 Å². The number of hydrogen-bond donors (Lipinski definition) is 1. The fourth-order valence-electron chi connectivity index (χ4n) is 0. The van der Waals surface area contributed by atoms with Crippen molar-refractivity contribution in [2.45, 2.75) is 5.79 Å². The second-order valence-electron chi connectivity index (χ2n) is 0.341. The normalized spacial score (nSPS) is 4.83. The van der Waals surface area contributed by atoms with E-state index >= 15 is 0 Å². The molecule has 2 radical (unpaired) electrons. The zero-order valence-corrected chi connectivity index (χ0v) is 5.73. The molecule has 0 aliphatic heterocycles. The summed E-state index contributed by atoms with van der Waals surface area (Å²) in [5, 5.41) is 7.41. The van der Waals surface area contributed by atoms with E-state index in [1.54, 1.807) is 5.79 Å². The Labute approximate surface area is 50.9 Å². The summed E-state index contributed by atoms with van der Waals surface area (Å²) in [6.07, 6.45) is 0. The Morgan fingerprint density at radius 2 is 2.00 bits per heavy atom. The Bertz CT molecular complexity index is 16.3. The quantitative estimate of drug-likeness (QED) is 0.290. The van der Waals surface area contributed by atoms with Gasteiger partial charge in [0.2, 0.25) is 0 Å². The average molecular weight is 118 g/mol. The average Bonchev–Trinajstić information content (AvgIpc) is 1.72. The van der Waals surface area contributed by atoms with Crippen LogP contribution in [0.3, 0.4) is 0 Å². The van der Waals surface area contributed by atoms with Gasteiger partial charge < -0.3 is 3.94 Å². The molecule has 0 atom stereocenters. The fourth-order valence-corrected chi connectivity index (χ4v) is 0. The topological polar surface area (TPSA) is 46.5 Å². The third-order valence-corrected chi connectivity index (χ3v) is 0.316. The molecule has 0 aliphatic carbocycles. The molecule has 0 bridgehead atoms. The van der Waals surface area contributed by atoms with E-state index in [9.17, 15) is 0 Å². The van der Waals surface area contributed by atoms with Crippen molar-refractivity contribution in [3.63, 3.8) is 0 Å². The molecule has 0 amide bonds. The first-order valence-electron chi connectivity index (χ1n) is 1.23. The molecule has 0 heterocycles. The van der Waals surface area contributed by atoms with E-state index in [1.807, 2.05) is 0 Å². The molecule has 0 saturated carbocycles. The minimum atomic E-state index is -0.162. The van der Waals surface area contributed by atoms with Crippen LogP contribution in [-0.4, -0.2) is 37.0 Å². The summed E-state index contributed by atoms with van der Waals surface area (Å²) >= 11 is 1.00. The van der Waals surface area contributed by atoms with E-state index < -0.39 is 0 Å². The predicted molar refractivity (Wildman–Crippen MR) is 21.8 cm³/mol. The molecule has 0 unspecified atom stereocenters. The number of hydrogen-bond acceptors (Lipinski definition) is 3. The van der Waals surface area contributed by atoms with Crippen molar-refractivity contribution in [3.05, 3.63) is 0 Å². The second kappa shape index (κ2) is 17.1. The van der Waals surface area contributed by atoms with Crippen LogP contribution in [0.2, 0.25) is 5.79 Å². The molecule has 5 heteroatoms. The van der Waals surface area contributed by atoms with Gasteiger partial charge in [-0.2, -0.15) is 0 Å². The Hall–Kier alpha value is 0.785. The van der Waals surface area contributed by atoms with Gasteiger partial charge in [-0.3, -0.25) is 5.26 Å². The Kier molecular flexibility index (Phi) is 28.2. The fraction of sp³-hybridized carbons (Fsp3) is 1.00.